The molecule has 1 aliphatic heterocycles. The van der Waals surface area contributed by atoms with E-state index >= 15 is 0 Å². The molecule has 0 bridgehead atoms. The molecule has 2 heterocycles. The molecule has 0 saturated heterocycles. The van der Waals surface area contributed by atoms with Gasteiger partial charge in [-0.1, -0.05) is 6.07 Å². The van der Waals surface area contributed by atoms with E-state index < -0.39 is 0 Å². The summed E-state index contributed by atoms with van der Waals surface area (Å²) < 4.78 is 5.56. The highest BCUT2D eigenvalue weighted by Crippen LogP contribution is 2.34. The van der Waals surface area contributed by atoms with Crippen LogP contribution in [0.1, 0.15) is 33.6 Å². The van der Waals surface area contributed by atoms with E-state index in [9.17, 15) is 9.59 Å². The molecule has 0 aliphatic carbocycles. The van der Waals surface area contributed by atoms with E-state index in [2.05, 4.69) is 4.98 Å². The lowest BCUT2D eigenvalue weighted by atomic mass is 10.0. The standard InChI is InChI=1S/C17H15NO3S/c19-14(4-5-15(20)13-2-1-7-18-11-13)12-3-6-17-16(10-12)21-8-9-22-17/h1-3,6-7,10-11H,4-5,8-9H2. The second-order valence-corrected chi connectivity index (χ2v) is 6.08. The molecule has 5 heteroatoms. The van der Waals surface area contributed by atoms with Gasteiger partial charge in [0.15, 0.2) is 11.6 Å². The molecule has 0 saturated carbocycles. The van der Waals surface area contributed by atoms with Crippen LogP contribution < -0.4 is 4.74 Å². The summed E-state index contributed by atoms with van der Waals surface area (Å²) in [5, 5.41) is 0. The van der Waals surface area contributed by atoms with Gasteiger partial charge in [0.1, 0.15) is 5.75 Å². The molecule has 1 aliphatic rings. The van der Waals surface area contributed by atoms with Gasteiger partial charge < -0.3 is 4.74 Å². The smallest absolute Gasteiger partial charge is 0.164 e. The number of nitrogens with zero attached hydrogens (tertiary/aromatic N) is 1. The van der Waals surface area contributed by atoms with Gasteiger partial charge in [-0.15, -0.1) is 11.8 Å². The summed E-state index contributed by atoms with van der Waals surface area (Å²) in [6, 6.07) is 8.92. The van der Waals surface area contributed by atoms with E-state index in [0.717, 1.165) is 16.4 Å². The fraction of sp³-hybridized carbons (Fsp3) is 0.235. The Bertz CT molecular complexity index is 700. The van der Waals surface area contributed by atoms with Crippen LogP contribution in [0, 0.1) is 0 Å². The third-order valence-corrected chi connectivity index (χ3v) is 4.45. The highest BCUT2D eigenvalue weighted by Gasteiger charge is 2.15. The number of Topliss-reactive ketones (excluding diaryl/α,β-unsaturated/α-hetero) is 2. The largest absolute Gasteiger partial charge is 0.492 e. The fourth-order valence-electron chi connectivity index (χ4n) is 2.26. The van der Waals surface area contributed by atoms with Crippen molar-refractivity contribution in [3.8, 4) is 5.75 Å². The minimum absolute atomic E-state index is 0.0424. The molecule has 112 valence electrons. The predicted molar refractivity (Wildman–Crippen MR) is 84.8 cm³/mol. The van der Waals surface area contributed by atoms with Gasteiger partial charge in [0.05, 0.1) is 6.61 Å². The molecule has 0 amide bonds. The van der Waals surface area contributed by atoms with E-state index in [-0.39, 0.29) is 24.4 Å². The lowest BCUT2D eigenvalue weighted by Gasteiger charge is -2.17. The van der Waals surface area contributed by atoms with Crippen LogP contribution >= 0.6 is 11.8 Å². The Kier molecular flexibility index (Phi) is 4.53. The van der Waals surface area contributed by atoms with Crippen molar-refractivity contribution >= 4 is 23.3 Å². The van der Waals surface area contributed by atoms with Crippen LogP contribution in [0.5, 0.6) is 5.75 Å². The van der Waals surface area contributed by atoms with Crippen molar-refractivity contribution in [2.45, 2.75) is 17.7 Å². The van der Waals surface area contributed by atoms with Crippen LogP contribution in [0.25, 0.3) is 0 Å². The topological polar surface area (TPSA) is 56.3 Å². The molecule has 2 aromatic rings. The zero-order valence-corrected chi connectivity index (χ0v) is 12.8. The fourth-order valence-corrected chi connectivity index (χ4v) is 3.07. The Morgan fingerprint density at radius 1 is 1.14 bits per heavy atom. The van der Waals surface area contributed by atoms with Gasteiger partial charge in [-0.25, -0.2) is 0 Å². The van der Waals surface area contributed by atoms with Crippen molar-refractivity contribution in [3.63, 3.8) is 0 Å². The summed E-state index contributed by atoms with van der Waals surface area (Å²) in [6.07, 6.45) is 3.53. The highest BCUT2D eigenvalue weighted by atomic mass is 32.2. The van der Waals surface area contributed by atoms with Crippen LogP contribution in [-0.4, -0.2) is 28.9 Å². The van der Waals surface area contributed by atoms with Crippen molar-refractivity contribution < 1.29 is 14.3 Å². The molecule has 3 rings (SSSR count). The SMILES string of the molecule is O=C(CCC(=O)c1ccc2c(c1)OCCS2)c1cccnc1. The first kappa shape index (κ1) is 14.8. The van der Waals surface area contributed by atoms with Gasteiger partial charge in [-0.05, 0) is 24.3 Å². The number of thioether (sulfide) groups is 1. The molecule has 0 spiro atoms. The summed E-state index contributed by atoms with van der Waals surface area (Å²) in [5.41, 5.74) is 1.14. The molecule has 4 nitrogen and oxygen atoms in total. The van der Waals surface area contributed by atoms with E-state index in [1.165, 1.54) is 6.20 Å². The van der Waals surface area contributed by atoms with Crippen LogP contribution in [0.2, 0.25) is 0 Å². The zero-order chi connectivity index (χ0) is 15.4. The normalized spacial score (nSPS) is 13.1. The monoisotopic (exact) mass is 313 g/mol. The van der Waals surface area contributed by atoms with Crippen LogP contribution in [0.4, 0.5) is 0 Å². The molecular formula is C17H15NO3S. The van der Waals surface area contributed by atoms with Gasteiger partial charge in [-0.3, -0.25) is 14.6 Å². The first-order chi connectivity index (χ1) is 10.7. The Balaban J connectivity index is 1.64. The Morgan fingerprint density at radius 3 is 2.73 bits per heavy atom. The summed E-state index contributed by atoms with van der Waals surface area (Å²) >= 11 is 1.73. The number of aromatic nitrogens is 1. The minimum atomic E-state index is -0.0637. The van der Waals surface area contributed by atoms with Crippen molar-refractivity contribution in [2.24, 2.45) is 0 Å². The molecule has 0 fully saturated rings. The molecule has 0 unspecified atom stereocenters. The lowest BCUT2D eigenvalue weighted by Crippen LogP contribution is -2.09. The number of fused-ring (bicyclic) bond motifs is 1. The van der Waals surface area contributed by atoms with E-state index in [4.69, 9.17) is 4.74 Å². The number of pyridine rings is 1. The van der Waals surface area contributed by atoms with Crippen LogP contribution in [-0.2, 0) is 0 Å². The maximum absolute atomic E-state index is 12.2. The van der Waals surface area contributed by atoms with Crippen molar-refractivity contribution in [2.75, 3.05) is 12.4 Å². The predicted octanol–water partition coefficient (Wildman–Crippen LogP) is 3.41. The number of hydrogen-bond donors (Lipinski definition) is 0. The Hall–Kier alpha value is -2.14. The van der Waals surface area contributed by atoms with E-state index in [1.54, 1.807) is 42.2 Å². The first-order valence-electron chi connectivity index (χ1n) is 7.10. The summed E-state index contributed by atoms with van der Waals surface area (Å²) in [7, 11) is 0. The molecule has 0 radical (unpaired) electrons. The number of ketones is 2. The number of ether oxygens (including phenoxy) is 1. The van der Waals surface area contributed by atoms with Gasteiger partial charge in [0, 0.05) is 47.0 Å². The van der Waals surface area contributed by atoms with E-state index in [1.807, 2.05) is 6.07 Å². The van der Waals surface area contributed by atoms with Crippen molar-refractivity contribution in [1.82, 2.24) is 4.98 Å². The van der Waals surface area contributed by atoms with Gasteiger partial charge in [0.25, 0.3) is 0 Å². The maximum Gasteiger partial charge on any atom is 0.164 e. The van der Waals surface area contributed by atoms with Gasteiger partial charge in [0.2, 0.25) is 0 Å². The Morgan fingerprint density at radius 2 is 1.95 bits per heavy atom. The molecule has 1 aromatic carbocycles. The third-order valence-electron chi connectivity index (χ3n) is 3.43. The quantitative estimate of drug-likeness (QED) is 0.792. The number of carbonyl (C=O) groups excluding carboxylic acids is 2. The average Bonchev–Trinajstić information content (AvgIpc) is 2.59. The highest BCUT2D eigenvalue weighted by molar-refractivity contribution is 7.99. The lowest BCUT2D eigenvalue weighted by molar-refractivity contribution is 0.0917. The van der Waals surface area contributed by atoms with Crippen molar-refractivity contribution in [3.05, 3.63) is 53.9 Å². The average molecular weight is 313 g/mol. The minimum Gasteiger partial charge on any atom is -0.492 e. The van der Waals surface area contributed by atoms with Crippen LogP contribution in [0.15, 0.2) is 47.6 Å². The summed E-state index contributed by atoms with van der Waals surface area (Å²) in [5.74, 6) is 1.59. The number of carbonyl (C=O) groups is 2. The molecule has 1 aromatic heterocycles. The molecular weight excluding hydrogens is 298 g/mol. The first-order valence-corrected chi connectivity index (χ1v) is 8.09. The van der Waals surface area contributed by atoms with E-state index in [0.29, 0.717) is 17.7 Å². The third kappa shape index (κ3) is 3.36. The Labute approximate surface area is 132 Å². The number of rotatable bonds is 5. The van der Waals surface area contributed by atoms with Crippen LogP contribution in [0.3, 0.4) is 0 Å². The summed E-state index contributed by atoms with van der Waals surface area (Å²) in [6.45, 7) is 0.662. The second-order valence-electron chi connectivity index (χ2n) is 4.95. The van der Waals surface area contributed by atoms with Gasteiger partial charge >= 0.3 is 0 Å². The zero-order valence-electron chi connectivity index (χ0n) is 12.0. The maximum atomic E-state index is 12.2. The molecule has 0 atom stereocenters. The molecule has 0 N–H and O–H groups in total. The summed E-state index contributed by atoms with van der Waals surface area (Å²) in [4.78, 5) is 29.2. The van der Waals surface area contributed by atoms with Crippen molar-refractivity contribution in [1.29, 1.82) is 0 Å². The number of hydrogen-bond acceptors (Lipinski definition) is 5. The number of benzene rings is 1. The molecule has 22 heavy (non-hydrogen) atoms. The van der Waals surface area contributed by atoms with Gasteiger partial charge in [-0.2, -0.15) is 0 Å². The second kappa shape index (κ2) is 6.75.